The zero-order chi connectivity index (χ0) is 14.7. The SMILES string of the molecule is CC1CCc2nc(NC(=O)/C=C/c3ccccc3)sc2C1. The molecule has 0 fully saturated rings. The van der Waals surface area contributed by atoms with E-state index >= 15 is 0 Å². The normalized spacial score (nSPS) is 17.7. The van der Waals surface area contributed by atoms with E-state index in [1.165, 1.54) is 17.0 Å². The Balaban J connectivity index is 1.64. The summed E-state index contributed by atoms with van der Waals surface area (Å²) in [4.78, 5) is 17.8. The van der Waals surface area contributed by atoms with Crippen LogP contribution in [0.25, 0.3) is 6.08 Å². The maximum atomic E-state index is 11.9. The van der Waals surface area contributed by atoms with Gasteiger partial charge in [0, 0.05) is 11.0 Å². The Hall–Kier alpha value is -1.94. The molecule has 1 atom stereocenters. The minimum absolute atomic E-state index is 0.127. The number of thiazole rings is 1. The van der Waals surface area contributed by atoms with Gasteiger partial charge in [-0.1, -0.05) is 37.3 Å². The van der Waals surface area contributed by atoms with Crippen LogP contribution in [0, 0.1) is 5.92 Å². The maximum absolute atomic E-state index is 11.9. The molecule has 21 heavy (non-hydrogen) atoms. The van der Waals surface area contributed by atoms with E-state index in [-0.39, 0.29) is 5.91 Å². The molecule has 0 spiro atoms. The predicted molar refractivity (Wildman–Crippen MR) is 87.4 cm³/mol. The van der Waals surface area contributed by atoms with E-state index < -0.39 is 0 Å². The molecule has 4 heteroatoms. The topological polar surface area (TPSA) is 42.0 Å². The monoisotopic (exact) mass is 298 g/mol. The molecule has 0 radical (unpaired) electrons. The molecular weight excluding hydrogens is 280 g/mol. The van der Waals surface area contributed by atoms with Crippen molar-refractivity contribution in [2.24, 2.45) is 5.92 Å². The number of hydrogen-bond acceptors (Lipinski definition) is 3. The van der Waals surface area contributed by atoms with Crippen LogP contribution in [0.15, 0.2) is 36.4 Å². The number of benzene rings is 1. The van der Waals surface area contributed by atoms with Crippen LogP contribution in [0.4, 0.5) is 5.13 Å². The summed E-state index contributed by atoms with van der Waals surface area (Å²) in [5, 5.41) is 3.59. The van der Waals surface area contributed by atoms with E-state index in [2.05, 4.69) is 17.2 Å². The van der Waals surface area contributed by atoms with Crippen molar-refractivity contribution in [3.63, 3.8) is 0 Å². The van der Waals surface area contributed by atoms with Gasteiger partial charge in [0.25, 0.3) is 0 Å². The van der Waals surface area contributed by atoms with E-state index in [4.69, 9.17) is 0 Å². The second-order valence-corrected chi connectivity index (χ2v) is 6.55. The molecule has 1 amide bonds. The highest BCUT2D eigenvalue weighted by molar-refractivity contribution is 7.15. The Bertz CT molecular complexity index is 661. The standard InChI is InChI=1S/C17H18N2OS/c1-12-7-9-14-15(11-12)21-17(18-14)19-16(20)10-8-13-5-3-2-4-6-13/h2-6,8,10,12H,7,9,11H2,1H3,(H,18,19,20)/b10-8+. The average Bonchev–Trinajstić information content (AvgIpc) is 2.87. The molecule has 0 aliphatic heterocycles. The Morgan fingerprint density at radius 2 is 2.19 bits per heavy atom. The van der Waals surface area contributed by atoms with Crippen molar-refractivity contribution in [2.45, 2.75) is 26.2 Å². The van der Waals surface area contributed by atoms with Gasteiger partial charge in [-0.3, -0.25) is 10.1 Å². The first-order chi connectivity index (χ1) is 10.2. The number of carbonyl (C=O) groups is 1. The zero-order valence-electron chi connectivity index (χ0n) is 12.0. The van der Waals surface area contributed by atoms with Crippen molar-refractivity contribution >= 4 is 28.5 Å². The van der Waals surface area contributed by atoms with Gasteiger partial charge in [0.15, 0.2) is 5.13 Å². The van der Waals surface area contributed by atoms with Crippen LogP contribution in [0.2, 0.25) is 0 Å². The summed E-state index contributed by atoms with van der Waals surface area (Å²) < 4.78 is 0. The van der Waals surface area contributed by atoms with Crippen molar-refractivity contribution < 1.29 is 4.79 Å². The van der Waals surface area contributed by atoms with Crippen molar-refractivity contribution in [1.82, 2.24) is 4.98 Å². The molecule has 3 nitrogen and oxygen atoms in total. The number of anilines is 1. The highest BCUT2D eigenvalue weighted by atomic mass is 32.1. The molecule has 108 valence electrons. The van der Waals surface area contributed by atoms with Gasteiger partial charge in [0.05, 0.1) is 5.69 Å². The van der Waals surface area contributed by atoms with Crippen molar-refractivity contribution in [2.75, 3.05) is 5.32 Å². The van der Waals surface area contributed by atoms with Crippen LogP contribution < -0.4 is 5.32 Å². The summed E-state index contributed by atoms with van der Waals surface area (Å²) in [7, 11) is 0. The summed E-state index contributed by atoms with van der Waals surface area (Å²) >= 11 is 1.61. The number of aryl methyl sites for hydroxylation is 1. The van der Waals surface area contributed by atoms with Gasteiger partial charge in [-0.25, -0.2) is 4.98 Å². The van der Waals surface area contributed by atoms with Crippen LogP contribution in [0.5, 0.6) is 0 Å². The smallest absolute Gasteiger partial charge is 0.250 e. The fourth-order valence-electron chi connectivity index (χ4n) is 2.48. The van der Waals surface area contributed by atoms with Gasteiger partial charge < -0.3 is 0 Å². The van der Waals surface area contributed by atoms with E-state index in [1.54, 1.807) is 17.4 Å². The Labute approximate surface area is 128 Å². The van der Waals surface area contributed by atoms with Gasteiger partial charge in [-0.2, -0.15) is 0 Å². The molecule has 1 N–H and O–H groups in total. The molecule has 3 rings (SSSR count). The lowest BCUT2D eigenvalue weighted by Gasteiger charge is -2.15. The highest BCUT2D eigenvalue weighted by Crippen LogP contribution is 2.32. The van der Waals surface area contributed by atoms with Crippen molar-refractivity contribution in [3.8, 4) is 0 Å². The second-order valence-electron chi connectivity index (χ2n) is 5.47. The fourth-order valence-corrected chi connectivity index (χ4v) is 3.65. The number of hydrogen-bond donors (Lipinski definition) is 1. The van der Waals surface area contributed by atoms with Gasteiger partial charge >= 0.3 is 0 Å². The molecule has 0 bridgehead atoms. The molecular formula is C17H18N2OS. The van der Waals surface area contributed by atoms with Gasteiger partial charge in [0.1, 0.15) is 0 Å². The molecule has 1 unspecified atom stereocenters. The summed E-state index contributed by atoms with van der Waals surface area (Å²) in [6.45, 7) is 2.27. The lowest BCUT2D eigenvalue weighted by Crippen LogP contribution is -2.09. The molecule has 0 saturated heterocycles. The minimum atomic E-state index is -0.127. The largest absolute Gasteiger partial charge is 0.298 e. The third-order valence-electron chi connectivity index (χ3n) is 3.64. The first-order valence-electron chi connectivity index (χ1n) is 7.23. The van der Waals surface area contributed by atoms with E-state index in [1.807, 2.05) is 36.4 Å². The molecule has 1 aliphatic rings. The Morgan fingerprint density at radius 3 is 3.00 bits per heavy atom. The quantitative estimate of drug-likeness (QED) is 0.873. The number of fused-ring (bicyclic) bond motifs is 1. The number of rotatable bonds is 3. The fraction of sp³-hybridized carbons (Fsp3) is 0.294. The van der Waals surface area contributed by atoms with Crippen LogP contribution in [0.3, 0.4) is 0 Å². The van der Waals surface area contributed by atoms with E-state index in [9.17, 15) is 4.79 Å². The van der Waals surface area contributed by atoms with Gasteiger partial charge in [-0.05, 0) is 36.8 Å². The minimum Gasteiger partial charge on any atom is -0.298 e. The summed E-state index contributed by atoms with van der Waals surface area (Å²) in [6, 6.07) is 9.79. The molecule has 1 aliphatic carbocycles. The summed E-state index contributed by atoms with van der Waals surface area (Å²) in [5.41, 5.74) is 2.18. The van der Waals surface area contributed by atoms with Crippen LogP contribution in [0.1, 0.15) is 29.5 Å². The number of nitrogens with zero attached hydrogens (tertiary/aromatic N) is 1. The molecule has 1 aromatic heterocycles. The average molecular weight is 298 g/mol. The van der Waals surface area contributed by atoms with E-state index in [0.717, 1.165) is 29.5 Å². The van der Waals surface area contributed by atoms with Crippen LogP contribution >= 0.6 is 11.3 Å². The molecule has 1 aromatic carbocycles. The summed E-state index contributed by atoms with van der Waals surface area (Å²) in [5.74, 6) is 0.595. The zero-order valence-corrected chi connectivity index (χ0v) is 12.8. The lowest BCUT2D eigenvalue weighted by molar-refractivity contribution is -0.111. The highest BCUT2D eigenvalue weighted by Gasteiger charge is 2.20. The van der Waals surface area contributed by atoms with Crippen LogP contribution in [-0.4, -0.2) is 10.9 Å². The lowest BCUT2D eigenvalue weighted by atomic mass is 9.93. The Kier molecular flexibility index (Phi) is 4.15. The number of aromatic nitrogens is 1. The third kappa shape index (κ3) is 3.58. The first kappa shape index (κ1) is 14.0. The van der Waals surface area contributed by atoms with E-state index in [0.29, 0.717) is 0 Å². The molecule has 2 aromatic rings. The van der Waals surface area contributed by atoms with Gasteiger partial charge in [0.2, 0.25) is 5.91 Å². The maximum Gasteiger partial charge on any atom is 0.250 e. The Morgan fingerprint density at radius 1 is 1.38 bits per heavy atom. The molecule has 1 heterocycles. The molecule has 0 saturated carbocycles. The second kappa shape index (κ2) is 6.22. The van der Waals surface area contributed by atoms with Crippen molar-refractivity contribution in [1.29, 1.82) is 0 Å². The predicted octanol–water partition coefficient (Wildman–Crippen LogP) is 3.92. The summed E-state index contributed by atoms with van der Waals surface area (Å²) in [6.07, 6.45) is 6.67. The van der Waals surface area contributed by atoms with Gasteiger partial charge in [-0.15, -0.1) is 11.3 Å². The number of amides is 1. The first-order valence-corrected chi connectivity index (χ1v) is 8.05. The number of nitrogens with one attached hydrogen (secondary N) is 1. The number of carbonyl (C=O) groups excluding carboxylic acids is 1. The third-order valence-corrected chi connectivity index (χ3v) is 4.68. The van der Waals surface area contributed by atoms with Crippen molar-refractivity contribution in [3.05, 3.63) is 52.5 Å². The van der Waals surface area contributed by atoms with Crippen LogP contribution in [-0.2, 0) is 17.6 Å².